The quantitative estimate of drug-likeness (QED) is 0.323. The lowest BCUT2D eigenvalue weighted by atomic mass is 10.3. The van der Waals surface area contributed by atoms with Crippen LogP contribution in [0.4, 0.5) is 0 Å². The molecule has 1 aliphatic heterocycles. The first kappa shape index (κ1) is 9.01. The molecule has 7 heteroatoms. The van der Waals surface area contributed by atoms with Crippen LogP contribution in [0.1, 0.15) is 0 Å². The van der Waals surface area contributed by atoms with Crippen molar-refractivity contribution in [3.63, 3.8) is 0 Å². The Morgan fingerprint density at radius 1 is 1.75 bits per heavy atom. The van der Waals surface area contributed by atoms with Crippen LogP contribution in [0.25, 0.3) is 0 Å². The Morgan fingerprint density at radius 2 is 2.33 bits per heavy atom. The largest absolute Gasteiger partial charge is 0.477 e. The molecule has 0 aromatic heterocycles. The molecule has 0 saturated heterocycles. The van der Waals surface area contributed by atoms with Crippen molar-refractivity contribution in [1.82, 2.24) is 10.4 Å². The van der Waals surface area contributed by atoms with Gasteiger partial charge < -0.3 is 10.4 Å². The molecule has 0 aromatic carbocycles. The highest BCUT2D eigenvalue weighted by molar-refractivity contribution is 9.09. The summed E-state index contributed by atoms with van der Waals surface area (Å²) in [6.07, 6.45) is 0.792. The summed E-state index contributed by atoms with van der Waals surface area (Å²) in [4.78, 5) is 21.1. The van der Waals surface area contributed by atoms with Gasteiger partial charge in [0.05, 0.1) is 0 Å². The van der Waals surface area contributed by atoms with Gasteiger partial charge in [-0.2, -0.15) is 5.06 Å². The number of carbonyl (C=O) groups is 2. The second-order valence-corrected chi connectivity index (χ2v) is 2.89. The molecule has 1 rings (SSSR count). The number of rotatable bonds is 1. The summed E-state index contributed by atoms with van der Waals surface area (Å²) in [5.74, 6) is -2.03. The van der Waals surface area contributed by atoms with Crippen LogP contribution < -0.4 is 5.32 Å². The number of hydrogen-bond acceptors (Lipinski definition) is 4. The third-order valence-corrected chi connectivity index (χ3v) is 1.83. The fraction of sp³-hybridized carbons (Fsp3) is 0.200. The summed E-state index contributed by atoms with van der Waals surface area (Å²) in [5, 5.41) is 19.1. The van der Waals surface area contributed by atoms with Gasteiger partial charge in [-0.15, -0.1) is 0 Å². The number of hydroxylamine groups is 2. The zero-order valence-corrected chi connectivity index (χ0v) is 7.28. The molecule has 0 radical (unpaired) electrons. The molecule has 0 spiro atoms. The molecule has 6 nitrogen and oxygen atoms in total. The van der Waals surface area contributed by atoms with Crippen LogP contribution in [0.2, 0.25) is 0 Å². The number of alkyl halides is 1. The van der Waals surface area contributed by atoms with Gasteiger partial charge in [0.2, 0.25) is 0 Å². The van der Waals surface area contributed by atoms with Crippen molar-refractivity contribution in [2.24, 2.45) is 0 Å². The fourth-order valence-corrected chi connectivity index (χ4v) is 1.10. The van der Waals surface area contributed by atoms with Gasteiger partial charge in [0.25, 0.3) is 5.91 Å². The number of halogens is 1. The van der Waals surface area contributed by atoms with Gasteiger partial charge >= 0.3 is 5.97 Å². The lowest BCUT2D eigenvalue weighted by molar-refractivity contribution is -0.165. The van der Waals surface area contributed by atoms with E-state index < -0.39 is 17.0 Å². The molecule has 3 N–H and O–H groups in total. The number of carboxylic acid groups (broad SMARTS) is 1. The van der Waals surface area contributed by atoms with Crippen molar-refractivity contribution in [3.05, 3.63) is 11.8 Å². The summed E-state index contributed by atoms with van der Waals surface area (Å²) < 4.78 is 0. The SMILES string of the molecule is O=C(O)C1=CC(=O)N(O)C(Br)N1. The predicted octanol–water partition coefficient (Wildman–Crippen LogP) is -0.546. The first-order valence-electron chi connectivity index (χ1n) is 2.90. The van der Waals surface area contributed by atoms with Crippen molar-refractivity contribution >= 4 is 27.8 Å². The Kier molecular flexibility index (Phi) is 2.34. The van der Waals surface area contributed by atoms with Crippen LogP contribution in [0.5, 0.6) is 0 Å². The monoisotopic (exact) mass is 236 g/mol. The highest BCUT2D eigenvalue weighted by Crippen LogP contribution is 2.10. The minimum Gasteiger partial charge on any atom is -0.477 e. The van der Waals surface area contributed by atoms with Crippen molar-refractivity contribution in [2.75, 3.05) is 0 Å². The predicted molar refractivity (Wildman–Crippen MR) is 40.2 cm³/mol. The number of hydrogen-bond donors (Lipinski definition) is 3. The lowest BCUT2D eigenvalue weighted by Crippen LogP contribution is -2.47. The highest BCUT2D eigenvalue weighted by Gasteiger charge is 2.27. The van der Waals surface area contributed by atoms with Crippen LogP contribution in [0.3, 0.4) is 0 Å². The van der Waals surface area contributed by atoms with Crippen LogP contribution in [0, 0.1) is 0 Å². The van der Waals surface area contributed by atoms with E-state index in [0.717, 1.165) is 6.08 Å². The third-order valence-electron chi connectivity index (χ3n) is 1.21. The molecular weight excluding hydrogens is 232 g/mol. The van der Waals surface area contributed by atoms with E-state index in [9.17, 15) is 9.59 Å². The van der Waals surface area contributed by atoms with Gasteiger partial charge in [0.15, 0.2) is 5.08 Å². The van der Waals surface area contributed by atoms with E-state index in [1.807, 2.05) is 0 Å². The van der Waals surface area contributed by atoms with Crippen molar-refractivity contribution < 1.29 is 19.9 Å². The van der Waals surface area contributed by atoms with E-state index in [0.29, 0.717) is 5.06 Å². The molecule has 66 valence electrons. The van der Waals surface area contributed by atoms with E-state index in [-0.39, 0.29) is 5.70 Å². The molecule has 0 aliphatic carbocycles. The number of nitrogens with one attached hydrogen (secondary N) is 1. The third kappa shape index (κ3) is 1.56. The average molecular weight is 237 g/mol. The first-order chi connectivity index (χ1) is 5.52. The van der Waals surface area contributed by atoms with Gasteiger partial charge in [-0.1, -0.05) is 0 Å². The van der Waals surface area contributed by atoms with Gasteiger partial charge in [0, 0.05) is 6.08 Å². The molecule has 0 saturated carbocycles. The zero-order chi connectivity index (χ0) is 9.30. The van der Waals surface area contributed by atoms with E-state index in [4.69, 9.17) is 10.3 Å². The van der Waals surface area contributed by atoms with Gasteiger partial charge in [-0.3, -0.25) is 10.0 Å². The number of amides is 1. The lowest BCUT2D eigenvalue weighted by Gasteiger charge is -2.25. The van der Waals surface area contributed by atoms with Crippen LogP contribution in [0.15, 0.2) is 11.8 Å². The van der Waals surface area contributed by atoms with E-state index in [2.05, 4.69) is 21.2 Å². The summed E-state index contributed by atoms with van der Waals surface area (Å²) >= 11 is 2.84. The van der Waals surface area contributed by atoms with Crippen molar-refractivity contribution in [2.45, 2.75) is 5.08 Å². The summed E-state index contributed by atoms with van der Waals surface area (Å²) in [6.45, 7) is 0. The smallest absolute Gasteiger partial charge is 0.352 e. The Morgan fingerprint density at radius 3 is 2.75 bits per heavy atom. The van der Waals surface area contributed by atoms with E-state index in [1.54, 1.807) is 0 Å². The normalized spacial score (nSPS) is 23.2. The minimum atomic E-state index is -1.25. The molecule has 1 amide bonds. The highest BCUT2D eigenvalue weighted by atomic mass is 79.9. The molecule has 1 heterocycles. The van der Waals surface area contributed by atoms with Gasteiger partial charge in [0.1, 0.15) is 5.70 Å². The second kappa shape index (κ2) is 3.11. The molecule has 1 unspecified atom stereocenters. The van der Waals surface area contributed by atoms with E-state index in [1.165, 1.54) is 0 Å². The van der Waals surface area contributed by atoms with E-state index >= 15 is 0 Å². The van der Waals surface area contributed by atoms with Gasteiger partial charge in [-0.05, 0) is 15.9 Å². The molecule has 0 aromatic rings. The first-order valence-corrected chi connectivity index (χ1v) is 3.81. The standard InChI is InChI=1S/C5H5BrN2O4/c6-5-7-2(4(10)11)1-3(9)8(5)12/h1,5,7,12H,(H,10,11). The molecule has 1 aliphatic rings. The second-order valence-electron chi connectivity index (χ2n) is 2.03. The Bertz CT molecular complexity index is 264. The molecular formula is C5H5BrN2O4. The maximum Gasteiger partial charge on any atom is 0.352 e. The summed E-state index contributed by atoms with van der Waals surface area (Å²) in [5.41, 5.74) is -0.257. The summed E-state index contributed by atoms with van der Waals surface area (Å²) in [6, 6.07) is 0. The number of carbonyl (C=O) groups excluding carboxylic acids is 1. The number of nitrogens with zero attached hydrogens (tertiary/aromatic N) is 1. The Balaban J connectivity index is 2.89. The minimum absolute atomic E-state index is 0.257. The van der Waals surface area contributed by atoms with Crippen molar-refractivity contribution in [1.29, 1.82) is 0 Å². The summed E-state index contributed by atoms with van der Waals surface area (Å²) in [7, 11) is 0. The topological polar surface area (TPSA) is 89.9 Å². The molecule has 0 fully saturated rings. The molecule has 0 bridgehead atoms. The molecule has 1 atom stereocenters. The van der Waals surface area contributed by atoms with Crippen molar-refractivity contribution in [3.8, 4) is 0 Å². The van der Waals surface area contributed by atoms with Crippen LogP contribution >= 0.6 is 15.9 Å². The fourth-order valence-electron chi connectivity index (χ4n) is 0.656. The maximum atomic E-state index is 10.8. The number of aliphatic carboxylic acids is 1. The molecule has 12 heavy (non-hydrogen) atoms. The number of carboxylic acids is 1. The Hall–Kier alpha value is -1.08. The van der Waals surface area contributed by atoms with Gasteiger partial charge in [-0.25, -0.2) is 4.79 Å². The van der Waals surface area contributed by atoms with Crippen LogP contribution in [-0.4, -0.2) is 32.3 Å². The van der Waals surface area contributed by atoms with Crippen LogP contribution in [-0.2, 0) is 9.59 Å². The zero-order valence-electron chi connectivity index (χ0n) is 5.69. The Labute approximate surface area is 75.5 Å². The average Bonchev–Trinajstić information content (AvgIpc) is 1.99. The maximum absolute atomic E-state index is 10.8.